The predicted octanol–water partition coefficient (Wildman–Crippen LogP) is 2.06. The Morgan fingerprint density at radius 2 is 2.20 bits per heavy atom. The first kappa shape index (κ1) is 6.15. The molecule has 2 rings (SSSR count). The van der Waals surface area contributed by atoms with Gasteiger partial charge in [0.25, 0.3) is 5.92 Å². The molecule has 10 heavy (non-hydrogen) atoms. The Labute approximate surface area is 58.6 Å². The van der Waals surface area contributed by atoms with Crippen LogP contribution in [0.4, 0.5) is 8.78 Å². The molecule has 2 unspecified atom stereocenters. The van der Waals surface area contributed by atoms with Crippen molar-refractivity contribution in [2.24, 2.45) is 11.3 Å². The summed E-state index contributed by atoms with van der Waals surface area (Å²) in [6, 6.07) is 0. The van der Waals surface area contributed by atoms with Crippen LogP contribution in [0.3, 0.4) is 0 Å². The lowest BCUT2D eigenvalue weighted by molar-refractivity contribution is -0.0392. The highest BCUT2D eigenvalue weighted by atomic mass is 19.3. The molecule has 2 atom stereocenters. The van der Waals surface area contributed by atoms with Gasteiger partial charge >= 0.3 is 0 Å². The molecule has 0 spiro atoms. The molecule has 0 amide bonds. The van der Waals surface area contributed by atoms with Gasteiger partial charge in [0, 0.05) is 6.42 Å². The van der Waals surface area contributed by atoms with Crippen molar-refractivity contribution in [3.8, 4) is 12.3 Å². The maximum Gasteiger partial charge on any atom is 0.264 e. The second-order valence-electron chi connectivity index (χ2n) is 3.26. The number of fused-ring (bicyclic) bond motifs is 1. The maximum atomic E-state index is 12.9. The largest absolute Gasteiger partial charge is 0.264 e. The molecule has 0 N–H and O–H groups in total. The molecule has 0 bridgehead atoms. The molecule has 0 aliphatic heterocycles. The molecule has 2 aliphatic rings. The molecule has 0 heterocycles. The number of alkyl halides is 2. The van der Waals surface area contributed by atoms with E-state index in [4.69, 9.17) is 6.42 Å². The molecule has 54 valence electrons. The monoisotopic (exact) mass is 142 g/mol. The summed E-state index contributed by atoms with van der Waals surface area (Å²) in [7, 11) is 0. The topological polar surface area (TPSA) is 0 Å². The summed E-state index contributed by atoms with van der Waals surface area (Å²) < 4.78 is 25.8. The summed E-state index contributed by atoms with van der Waals surface area (Å²) in [4.78, 5) is 0. The number of terminal acetylenes is 1. The van der Waals surface area contributed by atoms with Crippen LogP contribution in [-0.2, 0) is 0 Å². The molecule has 0 nitrogen and oxygen atoms in total. The van der Waals surface area contributed by atoms with Crippen molar-refractivity contribution in [1.29, 1.82) is 0 Å². The zero-order chi connectivity index (χ0) is 7.41. The third-order valence-corrected chi connectivity index (χ3v) is 2.82. The maximum absolute atomic E-state index is 12.9. The zero-order valence-corrected chi connectivity index (χ0v) is 5.53. The molecule has 2 saturated carbocycles. The Hall–Kier alpha value is -0.580. The summed E-state index contributed by atoms with van der Waals surface area (Å²) in [5, 5.41) is 0. The Bertz CT molecular complexity index is 214. The van der Waals surface area contributed by atoms with Crippen LogP contribution in [-0.4, -0.2) is 5.92 Å². The van der Waals surface area contributed by atoms with E-state index in [1.165, 1.54) is 0 Å². The molecule has 0 radical (unpaired) electrons. The molecule has 0 aromatic carbocycles. The van der Waals surface area contributed by atoms with Gasteiger partial charge in [0.05, 0.1) is 5.41 Å². The van der Waals surface area contributed by atoms with E-state index < -0.39 is 11.3 Å². The summed E-state index contributed by atoms with van der Waals surface area (Å²) in [6.45, 7) is 0. The van der Waals surface area contributed by atoms with E-state index in [2.05, 4.69) is 5.92 Å². The minimum absolute atomic E-state index is 0.00185. The summed E-state index contributed by atoms with van der Waals surface area (Å²) in [5.74, 6) is -0.177. The van der Waals surface area contributed by atoms with E-state index in [9.17, 15) is 8.78 Å². The van der Waals surface area contributed by atoms with Crippen molar-refractivity contribution in [2.75, 3.05) is 0 Å². The van der Waals surface area contributed by atoms with Gasteiger partial charge in [-0.05, 0) is 18.8 Å². The van der Waals surface area contributed by atoms with E-state index in [1.807, 2.05) is 0 Å². The molecule has 0 saturated heterocycles. The van der Waals surface area contributed by atoms with Crippen LogP contribution in [0.2, 0.25) is 0 Å². The normalized spacial score (nSPS) is 47.9. The van der Waals surface area contributed by atoms with Gasteiger partial charge in [0.1, 0.15) is 0 Å². The first-order valence-corrected chi connectivity index (χ1v) is 3.48. The minimum Gasteiger partial charge on any atom is -0.205 e. The van der Waals surface area contributed by atoms with Crippen molar-refractivity contribution in [3.63, 3.8) is 0 Å². The third kappa shape index (κ3) is 0.438. The molecule has 0 aromatic heterocycles. The van der Waals surface area contributed by atoms with Crippen molar-refractivity contribution in [3.05, 3.63) is 0 Å². The fourth-order valence-electron chi connectivity index (χ4n) is 1.99. The van der Waals surface area contributed by atoms with Crippen LogP contribution in [0.1, 0.15) is 19.3 Å². The molecule has 2 aliphatic carbocycles. The highest BCUT2D eigenvalue weighted by Gasteiger charge is 2.72. The fraction of sp³-hybridized carbons (Fsp3) is 0.750. The Kier molecular flexibility index (Phi) is 0.840. The predicted molar refractivity (Wildman–Crippen MR) is 33.6 cm³/mol. The van der Waals surface area contributed by atoms with E-state index in [1.54, 1.807) is 0 Å². The van der Waals surface area contributed by atoms with Crippen molar-refractivity contribution in [2.45, 2.75) is 25.2 Å². The fourth-order valence-corrected chi connectivity index (χ4v) is 1.99. The molecular weight excluding hydrogens is 134 g/mol. The van der Waals surface area contributed by atoms with Crippen LogP contribution in [0.25, 0.3) is 0 Å². The second kappa shape index (κ2) is 1.37. The smallest absolute Gasteiger partial charge is 0.205 e. The Morgan fingerprint density at radius 3 is 2.40 bits per heavy atom. The molecule has 2 heteroatoms. The van der Waals surface area contributed by atoms with E-state index in [0.29, 0.717) is 12.8 Å². The first-order valence-electron chi connectivity index (χ1n) is 3.48. The molecular formula is C8H8F2. The number of rotatable bonds is 0. The van der Waals surface area contributed by atoms with Crippen molar-refractivity contribution >= 4 is 0 Å². The Balaban J connectivity index is 2.35. The van der Waals surface area contributed by atoms with Crippen molar-refractivity contribution in [1.82, 2.24) is 0 Å². The lowest BCUT2D eigenvalue weighted by atomic mass is 10.0. The van der Waals surface area contributed by atoms with E-state index >= 15 is 0 Å². The minimum atomic E-state index is -2.56. The average molecular weight is 142 g/mol. The van der Waals surface area contributed by atoms with Gasteiger partial charge < -0.3 is 0 Å². The first-order chi connectivity index (χ1) is 4.62. The van der Waals surface area contributed by atoms with Crippen LogP contribution in [0.15, 0.2) is 0 Å². The molecule has 0 aromatic rings. The van der Waals surface area contributed by atoms with Gasteiger partial charge in [-0.1, -0.05) is 5.92 Å². The van der Waals surface area contributed by atoms with Crippen LogP contribution in [0, 0.1) is 23.7 Å². The van der Waals surface area contributed by atoms with Gasteiger partial charge in [-0.25, -0.2) is 8.78 Å². The van der Waals surface area contributed by atoms with Gasteiger partial charge in [-0.2, -0.15) is 0 Å². The Morgan fingerprint density at radius 1 is 1.50 bits per heavy atom. The van der Waals surface area contributed by atoms with Crippen LogP contribution < -0.4 is 0 Å². The second-order valence-corrected chi connectivity index (χ2v) is 3.26. The SMILES string of the molecule is C#CC12CC1CCC2(F)F. The van der Waals surface area contributed by atoms with E-state index in [0.717, 1.165) is 0 Å². The van der Waals surface area contributed by atoms with Crippen LogP contribution in [0.5, 0.6) is 0 Å². The van der Waals surface area contributed by atoms with E-state index in [-0.39, 0.29) is 12.3 Å². The summed E-state index contributed by atoms with van der Waals surface area (Å²) in [6.07, 6.45) is 6.23. The standard InChI is InChI=1S/C8H8F2/c1-2-7-5-6(7)3-4-8(7,9)10/h1,6H,3-5H2. The number of halogens is 2. The van der Waals surface area contributed by atoms with Crippen LogP contribution >= 0.6 is 0 Å². The lowest BCUT2D eigenvalue weighted by Crippen LogP contribution is -2.25. The highest BCUT2D eigenvalue weighted by Crippen LogP contribution is 2.69. The van der Waals surface area contributed by atoms with Gasteiger partial charge in [0.15, 0.2) is 0 Å². The average Bonchev–Trinajstić information content (AvgIpc) is 2.54. The van der Waals surface area contributed by atoms with Crippen molar-refractivity contribution < 1.29 is 8.78 Å². The quantitative estimate of drug-likeness (QED) is 0.454. The zero-order valence-electron chi connectivity index (χ0n) is 5.53. The van der Waals surface area contributed by atoms with Gasteiger partial charge in [0.2, 0.25) is 0 Å². The van der Waals surface area contributed by atoms with Gasteiger partial charge in [-0.3, -0.25) is 0 Å². The third-order valence-electron chi connectivity index (χ3n) is 2.82. The summed E-state index contributed by atoms with van der Waals surface area (Å²) in [5.41, 5.74) is -1.01. The summed E-state index contributed by atoms with van der Waals surface area (Å²) >= 11 is 0. The number of hydrogen-bond donors (Lipinski definition) is 0. The van der Waals surface area contributed by atoms with Gasteiger partial charge in [-0.15, -0.1) is 6.42 Å². The lowest BCUT2D eigenvalue weighted by Gasteiger charge is -2.16. The highest BCUT2D eigenvalue weighted by molar-refractivity contribution is 5.29. The number of hydrogen-bond acceptors (Lipinski definition) is 0. The molecule has 2 fully saturated rings.